The van der Waals surface area contributed by atoms with Gasteiger partial charge in [0.25, 0.3) is 0 Å². The predicted octanol–water partition coefficient (Wildman–Crippen LogP) is 3.62. The van der Waals surface area contributed by atoms with E-state index in [1.165, 1.54) is 35.0 Å². The zero-order chi connectivity index (χ0) is 23.1. The quantitative estimate of drug-likeness (QED) is 0.471. The fourth-order valence-corrected chi connectivity index (χ4v) is 6.02. The van der Waals surface area contributed by atoms with Crippen LogP contribution in [0.25, 0.3) is 0 Å². The van der Waals surface area contributed by atoms with Gasteiger partial charge in [0.1, 0.15) is 16.5 Å². The largest absolute Gasteiger partial charge is 0.492 e. The fourth-order valence-electron chi connectivity index (χ4n) is 3.80. The SMILES string of the molecule is CCOc1ccc(NC(=O)CSc2n[nH]c(C3CCCC3)n2)cc1S(=O)(=O)N(CC)CC. The zero-order valence-corrected chi connectivity index (χ0v) is 20.4. The monoisotopic (exact) mass is 481 g/mol. The van der Waals surface area contributed by atoms with E-state index in [0.717, 1.165) is 18.7 Å². The van der Waals surface area contributed by atoms with E-state index in [9.17, 15) is 13.2 Å². The van der Waals surface area contributed by atoms with E-state index in [4.69, 9.17) is 4.74 Å². The fraction of sp³-hybridized carbons (Fsp3) is 0.571. The molecule has 1 aromatic carbocycles. The van der Waals surface area contributed by atoms with Crippen molar-refractivity contribution in [2.24, 2.45) is 0 Å². The number of H-pyrrole nitrogens is 1. The molecule has 0 aliphatic heterocycles. The van der Waals surface area contributed by atoms with E-state index in [2.05, 4.69) is 20.5 Å². The Balaban J connectivity index is 1.68. The Bertz CT molecular complexity index is 1010. The first-order chi connectivity index (χ1) is 15.4. The van der Waals surface area contributed by atoms with Gasteiger partial charge in [-0.1, -0.05) is 38.5 Å². The molecule has 0 unspecified atom stereocenters. The summed E-state index contributed by atoms with van der Waals surface area (Å²) in [6.45, 7) is 6.38. The molecule has 1 aliphatic carbocycles. The summed E-state index contributed by atoms with van der Waals surface area (Å²) in [6, 6.07) is 4.66. The molecule has 1 fully saturated rings. The van der Waals surface area contributed by atoms with Crippen molar-refractivity contribution in [3.63, 3.8) is 0 Å². The molecule has 11 heteroatoms. The van der Waals surface area contributed by atoms with Crippen LogP contribution in [0.5, 0.6) is 5.75 Å². The van der Waals surface area contributed by atoms with Gasteiger partial charge in [-0.05, 0) is 38.0 Å². The van der Waals surface area contributed by atoms with Crippen LogP contribution in [0.3, 0.4) is 0 Å². The van der Waals surface area contributed by atoms with E-state index in [1.54, 1.807) is 32.9 Å². The number of anilines is 1. The van der Waals surface area contributed by atoms with Crippen molar-refractivity contribution in [2.75, 3.05) is 30.8 Å². The second-order valence-corrected chi connectivity index (χ2v) is 10.4. The molecule has 0 atom stereocenters. The molecule has 0 radical (unpaired) electrons. The second kappa shape index (κ2) is 11.2. The van der Waals surface area contributed by atoms with Crippen molar-refractivity contribution in [1.29, 1.82) is 0 Å². The predicted molar refractivity (Wildman–Crippen MR) is 125 cm³/mol. The normalized spacial score (nSPS) is 14.8. The van der Waals surface area contributed by atoms with Crippen molar-refractivity contribution in [3.05, 3.63) is 24.0 Å². The minimum absolute atomic E-state index is 0.0451. The zero-order valence-electron chi connectivity index (χ0n) is 18.8. The number of nitrogens with one attached hydrogen (secondary N) is 2. The van der Waals surface area contributed by atoms with Gasteiger partial charge in [-0.25, -0.2) is 13.4 Å². The van der Waals surface area contributed by atoms with Crippen LogP contribution in [0.1, 0.15) is 58.2 Å². The molecule has 2 aromatic rings. The molecule has 1 saturated carbocycles. The number of sulfonamides is 1. The Morgan fingerprint density at radius 2 is 1.97 bits per heavy atom. The summed E-state index contributed by atoms with van der Waals surface area (Å²) in [5.41, 5.74) is 0.395. The van der Waals surface area contributed by atoms with E-state index in [0.29, 0.717) is 36.5 Å². The van der Waals surface area contributed by atoms with Crippen molar-refractivity contribution in [1.82, 2.24) is 19.5 Å². The van der Waals surface area contributed by atoms with Crippen LogP contribution in [-0.4, -0.2) is 59.3 Å². The van der Waals surface area contributed by atoms with Crippen LogP contribution in [0.2, 0.25) is 0 Å². The molecule has 9 nitrogen and oxygen atoms in total. The molecular formula is C21H31N5O4S2. The van der Waals surface area contributed by atoms with Crippen molar-refractivity contribution in [2.45, 2.75) is 62.4 Å². The topological polar surface area (TPSA) is 117 Å². The van der Waals surface area contributed by atoms with Crippen LogP contribution in [-0.2, 0) is 14.8 Å². The van der Waals surface area contributed by atoms with Crippen LogP contribution < -0.4 is 10.1 Å². The standard InChI is InChI=1S/C21H31N5O4S2/c1-4-26(5-2)32(28,29)18-13-16(11-12-17(18)30-6-3)22-19(27)14-31-21-23-20(24-25-21)15-9-7-8-10-15/h11-13,15H,4-10,14H2,1-3H3,(H,22,27)(H,23,24,25). The number of rotatable bonds is 11. The number of carbonyl (C=O) groups excluding carboxylic acids is 1. The minimum Gasteiger partial charge on any atom is -0.492 e. The molecular weight excluding hydrogens is 450 g/mol. The van der Waals surface area contributed by atoms with E-state index >= 15 is 0 Å². The van der Waals surface area contributed by atoms with E-state index in [1.807, 2.05) is 0 Å². The molecule has 2 N–H and O–H groups in total. The highest BCUT2D eigenvalue weighted by Crippen LogP contribution is 2.33. The number of hydrogen-bond donors (Lipinski definition) is 2. The maximum absolute atomic E-state index is 13.1. The molecule has 1 aromatic heterocycles. The van der Waals surface area contributed by atoms with Crippen LogP contribution in [0, 0.1) is 0 Å². The van der Waals surface area contributed by atoms with Gasteiger partial charge in [-0.15, -0.1) is 5.10 Å². The summed E-state index contributed by atoms with van der Waals surface area (Å²) in [5, 5.41) is 10.5. The number of aromatic amines is 1. The Hall–Kier alpha value is -2.11. The van der Waals surface area contributed by atoms with Gasteiger partial charge in [0, 0.05) is 24.7 Å². The highest BCUT2D eigenvalue weighted by molar-refractivity contribution is 7.99. The van der Waals surface area contributed by atoms with Gasteiger partial charge in [-0.2, -0.15) is 4.31 Å². The highest BCUT2D eigenvalue weighted by atomic mass is 32.2. The summed E-state index contributed by atoms with van der Waals surface area (Å²) in [7, 11) is -3.75. The lowest BCUT2D eigenvalue weighted by atomic mass is 10.1. The minimum atomic E-state index is -3.75. The molecule has 1 aliphatic rings. The Morgan fingerprint density at radius 3 is 2.62 bits per heavy atom. The summed E-state index contributed by atoms with van der Waals surface area (Å²) in [5.74, 6) is 1.45. The number of hydrogen-bond acceptors (Lipinski definition) is 7. The van der Waals surface area contributed by atoms with Gasteiger partial charge >= 0.3 is 0 Å². The van der Waals surface area contributed by atoms with Crippen molar-refractivity contribution >= 4 is 33.4 Å². The van der Waals surface area contributed by atoms with Crippen LogP contribution in [0.4, 0.5) is 5.69 Å². The van der Waals surface area contributed by atoms with E-state index in [-0.39, 0.29) is 22.3 Å². The third kappa shape index (κ3) is 5.81. The Labute approximate surface area is 193 Å². The number of aromatic nitrogens is 3. The molecule has 0 saturated heterocycles. The van der Waals surface area contributed by atoms with E-state index < -0.39 is 10.0 Å². The third-order valence-corrected chi connectivity index (χ3v) is 8.33. The maximum atomic E-state index is 13.1. The lowest BCUT2D eigenvalue weighted by Crippen LogP contribution is -2.31. The average molecular weight is 482 g/mol. The molecule has 0 bridgehead atoms. The smallest absolute Gasteiger partial charge is 0.246 e. The summed E-state index contributed by atoms with van der Waals surface area (Å²) in [4.78, 5) is 17.0. The molecule has 1 heterocycles. The molecule has 0 spiro atoms. The average Bonchev–Trinajstić information content (AvgIpc) is 3.46. The number of nitrogens with zero attached hydrogens (tertiary/aromatic N) is 3. The summed E-state index contributed by atoms with van der Waals surface area (Å²) in [6.07, 6.45) is 4.67. The molecule has 176 valence electrons. The maximum Gasteiger partial charge on any atom is 0.246 e. The second-order valence-electron chi connectivity index (χ2n) is 7.51. The van der Waals surface area contributed by atoms with Gasteiger partial charge in [0.2, 0.25) is 21.1 Å². The Kier molecular flexibility index (Phi) is 8.55. The van der Waals surface area contributed by atoms with Crippen molar-refractivity contribution in [3.8, 4) is 5.75 Å². The summed E-state index contributed by atoms with van der Waals surface area (Å²) < 4.78 is 33.0. The van der Waals surface area contributed by atoms with Gasteiger partial charge < -0.3 is 10.1 Å². The highest BCUT2D eigenvalue weighted by Gasteiger charge is 2.26. The number of carbonyl (C=O) groups is 1. The third-order valence-electron chi connectivity index (χ3n) is 5.41. The Morgan fingerprint density at radius 1 is 1.25 bits per heavy atom. The molecule has 1 amide bonds. The van der Waals surface area contributed by atoms with Gasteiger partial charge in [0.15, 0.2) is 0 Å². The molecule has 32 heavy (non-hydrogen) atoms. The van der Waals surface area contributed by atoms with Gasteiger partial charge in [0.05, 0.1) is 12.4 Å². The first kappa shape index (κ1) is 24.5. The van der Waals surface area contributed by atoms with Crippen LogP contribution in [0.15, 0.2) is 28.3 Å². The number of ether oxygens (including phenoxy) is 1. The first-order valence-corrected chi connectivity index (χ1v) is 13.4. The van der Waals surface area contributed by atoms with Gasteiger partial charge in [-0.3, -0.25) is 9.89 Å². The lowest BCUT2D eigenvalue weighted by Gasteiger charge is -2.21. The molecule has 3 rings (SSSR count). The number of amides is 1. The first-order valence-electron chi connectivity index (χ1n) is 11.0. The number of thioether (sulfide) groups is 1. The number of benzene rings is 1. The van der Waals surface area contributed by atoms with Crippen molar-refractivity contribution < 1.29 is 17.9 Å². The summed E-state index contributed by atoms with van der Waals surface area (Å²) >= 11 is 1.24. The lowest BCUT2D eigenvalue weighted by molar-refractivity contribution is -0.113. The van der Waals surface area contributed by atoms with Crippen LogP contribution >= 0.6 is 11.8 Å².